The van der Waals surface area contributed by atoms with Crippen molar-refractivity contribution in [3.63, 3.8) is 0 Å². The summed E-state index contributed by atoms with van der Waals surface area (Å²) in [6, 6.07) is 13.6. The molecule has 0 spiro atoms. The van der Waals surface area contributed by atoms with Crippen LogP contribution in [0.15, 0.2) is 48.5 Å². The highest BCUT2D eigenvalue weighted by atomic mass is 19.1. The molecule has 0 aliphatic carbocycles. The summed E-state index contributed by atoms with van der Waals surface area (Å²) in [5.41, 5.74) is 1.94. The molecule has 2 aliphatic rings. The van der Waals surface area contributed by atoms with Crippen LogP contribution >= 0.6 is 0 Å². The van der Waals surface area contributed by atoms with Gasteiger partial charge in [-0.15, -0.1) is 0 Å². The van der Waals surface area contributed by atoms with E-state index in [-0.39, 0.29) is 0 Å². The van der Waals surface area contributed by atoms with Gasteiger partial charge < -0.3 is 9.47 Å². The third-order valence-corrected chi connectivity index (χ3v) is 5.09. The maximum absolute atomic E-state index is 14.4. The van der Waals surface area contributed by atoms with Crippen LogP contribution in [0.2, 0.25) is 0 Å². The number of methoxy groups -OCH3 is 1. The van der Waals surface area contributed by atoms with Gasteiger partial charge in [-0.1, -0.05) is 36.4 Å². The third kappa shape index (κ3) is 2.57. The Morgan fingerprint density at radius 3 is 2.69 bits per heavy atom. The number of para-hydroxylation sites is 1. The lowest BCUT2D eigenvalue weighted by Crippen LogP contribution is -2.56. The Hall–Kier alpha value is -2.73. The van der Waals surface area contributed by atoms with Crippen molar-refractivity contribution in [1.82, 2.24) is 0 Å². The average Bonchev–Trinajstić information content (AvgIpc) is 2.67. The Morgan fingerprint density at radius 2 is 1.92 bits per heavy atom. The summed E-state index contributed by atoms with van der Waals surface area (Å²) >= 11 is 0. The third-order valence-electron chi connectivity index (χ3n) is 5.09. The number of anilines is 1. The monoisotopic (exact) mass is 355 g/mol. The molecule has 26 heavy (non-hydrogen) atoms. The molecule has 0 aromatic heterocycles. The number of carbonyl (C=O) groups excluding carboxylic acids is 2. The Labute approximate surface area is 150 Å². The largest absolute Gasteiger partial charge is 0.468 e. The van der Waals surface area contributed by atoms with E-state index < -0.39 is 35.8 Å². The molecule has 2 heterocycles. The van der Waals surface area contributed by atoms with E-state index in [2.05, 4.69) is 0 Å². The zero-order valence-corrected chi connectivity index (χ0v) is 14.2. The van der Waals surface area contributed by atoms with E-state index in [1.54, 1.807) is 18.2 Å². The first-order valence-corrected chi connectivity index (χ1v) is 8.46. The topological polar surface area (TPSA) is 55.8 Å². The van der Waals surface area contributed by atoms with E-state index in [0.717, 1.165) is 11.3 Å². The summed E-state index contributed by atoms with van der Waals surface area (Å²) in [6.07, 6.45) is -0.219. The van der Waals surface area contributed by atoms with Gasteiger partial charge in [0, 0.05) is 17.9 Å². The van der Waals surface area contributed by atoms with Crippen molar-refractivity contribution >= 4 is 17.6 Å². The molecule has 2 aliphatic heterocycles. The summed E-state index contributed by atoms with van der Waals surface area (Å²) in [4.78, 5) is 27.2. The minimum absolute atomic E-state index is 0.320. The van der Waals surface area contributed by atoms with Crippen LogP contribution in [0.1, 0.15) is 23.5 Å². The number of piperidine rings is 1. The normalized spacial score (nSPS) is 24.6. The van der Waals surface area contributed by atoms with Gasteiger partial charge in [-0.2, -0.15) is 0 Å². The molecule has 0 unspecified atom stereocenters. The number of carbonyl (C=O) groups is 2. The molecular weight excluding hydrogens is 337 g/mol. The van der Waals surface area contributed by atoms with E-state index in [1.807, 2.05) is 24.3 Å². The van der Waals surface area contributed by atoms with E-state index in [4.69, 9.17) is 9.47 Å². The zero-order valence-electron chi connectivity index (χ0n) is 14.2. The summed E-state index contributed by atoms with van der Waals surface area (Å²) in [7, 11) is 1.24. The van der Waals surface area contributed by atoms with E-state index in [0.29, 0.717) is 18.6 Å². The highest BCUT2D eigenvalue weighted by Gasteiger charge is 2.50. The molecule has 5 nitrogen and oxygen atoms in total. The Balaban J connectivity index is 1.79. The van der Waals surface area contributed by atoms with Gasteiger partial charge in [-0.3, -0.25) is 14.5 Å². The fourth-order valence-corrected chi connectivity index (χ4v) is 3.87. The number of halogens is 1. The molecule has 4 rings (SSSR count). The standard InChI is InChI=1S/C20H18FNO4/c1-25-20(24)18-14(13-7-3-4-8-15(13)21)10-17-22(19(18)23)16-9-5-2-6-12(16)11-26-17/h2-9,14,17-18H,10-11H2,1H3/t14-,17+,18-/m1/s1. The molecule has 134 valence electrons. The van der Waals surface area contributed by atoms with Gasteiger partial charge in [-0.05, 0) is 17.7 Å². The Bertz CT molecular complexity index is 868. The van der Waals surface area contributed by atoms with E-state index in [1.165, 1.54) is 18.1 Å². The molecule has 1 saturated heterocycles. The second-order valence-electron chi connectivity index (χ2n) is 6.47. The first-order chi connectivity index (χ1) is 12.6. The van der Waals surface area contributed by atoms with Crippen LogP contribution in [-0.2, 0) is 25.7 Å². The van der Waals surface area contributed by atoms with Crippen LogP contribution in [0.3, 0.4) is 0 Å². The van der Waals surface area contributed by atoms with Crippen LogP contribution in [0.4, 0.5) is 10.1 Å². The Kier molecular flexibility index (Phi) is 4.20. The molecule has 0 N–H and O–H groups in total. The van der Waals surface area contributed by atoms with Crippen LogP contribution in [0.25, 0.3) is 0 Å². The molecule has 2 aromatic carbocycles. The number of esters is 1. The van der Waals surface area contributed by atoms with E-state index in [9.17, 15) is 14.0 Å². The molecule has 3 atom stereocenters. The van der Waals surface area contributed by atoms with Gasteiger partial charge in [0.25, 0.3) is 0 Å². The van der Waals surface area contributed by atoms with Crippen molar-refractivity contribution in [2.45, 2.75) is 25.2 Å². The highest BCUT2D eigenvalue weighted by molar-refractivity contribution is 6.08. The van der Waals surface area contributed by atoms with Crippen molar-refractivity contribution in [1.29, 1.82) is 0 Å². The predicted octanol–water partition coefficient (Wildman–Crippen LogP) is 2.99. The second kappa shape index (κ2) is 6.53. The predicted molar refractivity (Wildman–Crippen MR) is 91.8 cm³/mol. The number of benzene rings is 2. The SMILES string of the molecule is COC(=O)[C@H]1C(=O)N2c3ccccc3CO[C@H]2C[C@@H]1c1ccccc1F. The average molecular weight is 355 g/mol. The van der Waals surface area contributed by atoms with Crippen molar-refractivity contribution < 1.29 is 23.5 Å². The molecule has 0 bridgehead atoms. The van der Waals surface area contributed by atoms with Crippen molar-refractivity contribution in [3.8, 4) is 0 Å². The number of rotatable bonds is 2. The zero-order chi connectivity index (χ0) is 18.3. The van der Waals surface area contributed by atoms with Crippen molar-refractivity contribution in [2.75, 3.05) is 12.0 Å². The van der Waals surface area contributed by atoms with Crippen molar-refractivity contribution in [2.24, 2.45) is 5.92 Å². The first-order valence-electron chi connectivity index (χ1n) is 8.46. The summed E-state index contributed by atoms with van der Waals surface area (Å²) in [5.74, 6) is -3.27. The number of nitrogens with zero attached hydrogens (tertiary/aromatic N) is 1. The number of hydrogen-bond donors (Lipinski definition) is 0. The molecular formula is C20H18FNO4. The molecule has 1 fully saturated rings. The molecule has 1 amide bonds. The smallest absolute Gasteiger partial charge is 0.318 e. The minimum Gasteiger partial charge on any atom is -0.468 e. The summed E-state index contributed by atoms with van der Waals surface area (Å²) in [6.45, 7) is 0.373. The van der Waals surface area contributed by atoms with Gasteiger partial charge in [0.2, 0.25) is 5.91 Å². The van der Waals surface area contributed by atoms with Crippen LogP contribution in [-0.4, -0.2) is 25.2 Å². The van der Waals surface area contributed by atoms with Crippen molar-refractivity contribution in [3.05, 3.63) is 65.5 Å². The molecule has 2 aromatic rings. The van der Waals surface area contributed by atoms with Crippen LogP contribution in [0, 0.1) is 11.7 Å². The van der Waals surface area contributed by atoms with Crippen LogP contribution in [0.5, 0.6) is 0 Å². The van der Waals surface area contributed by atoms with Gasteiger partial charge in [-0.25, -0.2) is 4.39 Å². The number of hydrogen-bond acceptors (Lipinski definition) is 4. The summed E-state index contributed by atoms with van der Waals surface area (Å²) < 4.78 is 25.1. The maximum Gasteiger partial charge on any atom is 0.318 e. The van der Waals surface area contributed by atoms with Gasteiger partial charge >= 0.3 is 5.97 Å². The molecule has 0 saturated carbocycles. The van der Waals surface area contributed by atoms with Gasteiger partial charge in [0.05, 0.1) is 19.4 Å². The molecule has 6 heteroatoms. The lowest BCUT2D eigenvalue weighted by Gasteiger charge is -2.45. The summed E-state index contributed by atoms with van der Waals surface area (Å²) in [5, 5.41) is 0. The fourth-order valence-electron chi connectivity index (χ4n) is 3.87. The molecule has 0 radical (unpaired) electrons. The lowest BCUT2D eigenvalue weighted by atomic mass is 9.78. The minimum atomic E-state index is -1.11. The number of ether oxygens (including phenoxy) is 2. The number of amides is 1. The maximum atomic E-state index is 14.4. The lowest BCUT2D eigenvalue weighted by molar-refractivity contribution is -0.154. The fraction of sp³-hybridized carbons (Fsp3) is 0.300. The quantitative estimate of drug-likeness (QED) is 0.614. The second-order valence-corrected chi connectivity index (χ2v) is 6.47. The Morgan fingerprint density at radius 1 is 1.19 bits per heavy atom. The van der Waals surface area contributed by atoms with Gasteiger partial charge in [0.1, 0.15) is 18.0 Å². The van der Waals surface area contributed by atoms with Crippen LogP contribution < -0.4 is 4.90 Å². The number of fused-ring (bicyclic) bond motifs is 3. The van der Waals surface area contributed by atoms with Gasteiger partial charge in [0.15, 0.2) is 0 Å². The highest BCUT2D eigenvalue weighted by Crippen LogP contribution is 2.43. The van der Waals surface area contributed by atoms with E-state index >= 15 is 0 Å². The first kappa shape index (κ1) is 16.7.